The van der Waals surface area contributed by atoms with Crippen molar-refractivity contribution >= 4 is 17.4 Å². The lowest BCUT2D eigenvalue weighted by Crippen LogP contribution is -2.69. The number of anilines is 1. The molecule has 42 heavy (non-hydrogen) atoms. The third-order valence-corrected chi connectivity index (χ3v) is 14.2. The van der Waals surface area contributed by atoms with Gasteiger partial charge in [0.15, 0.2) is 11.6 Å². The van der Waals surface area contributed by atoms with Gasteiger partial charge in [-0.2, -0.15) is 5.26 Å². The Bertz CT molecular complexity index is 1400. The first-order chi connectivity index (χ1) is 19.4. The van der Waals surface area contributed by atoms with Crippen molar-refractivity contribution in [1.29, 1.82) is 5.26 Å². The number of rotatable bonds is 3. The van der Waals surface area contributed by atoms with Crippen LogP contribution in [0.15, 0.2) is 22.2 Å². The van der Waals surface area contributed by atoms with E-state index in [9.17, 15) is 14.9 Å². The summed E-state index contributed by atoms with van der Waals surface area (Å²) in [5.74, 6) is 2.70. The van der Waals surface area contributed by atoms with Gasteiger partial charge in [-0.1, -0.05) is 59.7 Å². The molecule has 8 atom stereocenters. The molecule has 0 amide bonds. The van der Waals surface area contributed by atoms with Gasteiger partial charge in [-0.3, -0.25) is 9.59 Å². The van der Waals surface area contributed by atoms with E-state index in [0.717, 1.165) is 56.6 Å². The van der Waals surface area contributed by atoms with Gasteiger partial charge in [-0.15, -0.1) is 0 Å². The van der Waals surface area contributed by atoms with Gasteiger partial charge < -0.3 is 9.42 Å². The maximum atomic E-state index is 14.8. The molecule has 0 aliphatic heterocycles. The maximum absolute atomic E-state index is 14.8. The predicted molar refractivity (Wildman–Crippen MR) is 163 cm³/mol. The van der Waals surface area contributed by atoms with Crippen molar-refractivity contribution in [2.75, 3.05) is 18.5 Å². The fourth-order valence-electron chi connectivity index (χ4n) is 11.8. The highest BCUT2D eigenvalue weighted by Crippen LogP contribution is 2.75. The highest BCUT2D eigenvalue weighted by molar-refractivity contribution is 6.04. The first kappa shape index (κ1) is 29.6. The quantitative estimate of drug-likeness (QED) is 0.368. The summed E-state index contributed by atoms with van der Waals surface area (Å²) in [6, 6.07) is 4.26. The van der Waals surface area contributed by atoms with Gasteiger partial charge >= 0.3 is 0 Å². The summed E-state index contributed by atoms with van der Waals surface area (Å²) in [7, 11) is 2.13. The lowest BCUT2D eigenvalue weighted by atomic mass is 9.31. The summed E-state index contributed by atoms with van der Waals surface area (Å²) < 4.78 is 5.43. The highest BCUT2D eigenvalue weighted by atomic mass is 16.5. The average molecular weight is 574 g/mol. The molecule has 0 aromatic carbocycles. The number of aromatic nitrogens is 1. The zero-order chi connectivity index (χ0) is 30.7. The fourth-order valence-corrected chi connectivity index (χ4v) is 11.8. The normalized spacial score (nSPS) is 43.7. The Morgan fingerprint density at radius 2 is 1.69 bits per heavy atom. The summed E-state index contributed by atoms with van der Waals surface area (Å²) in [4.78, 5) is 30.4. The van der Waals surface area contributed by atoms with Crippen molar-refractivity contribution in [2.24, 2.45) is 56.2 Å². The van der Waals surface area contributed by atoms with Crippen molar-refractivity contribution in [3.8, 4) is 6.07 Å². The van der Waals surface area contributed by atoms with Crippen LogP contribution in [0.3, 0.4) is 0 Å². The van der Waals surface area contributed by atoms with Crippen LogP contribution in [0.25, 0.3) is 0 Å². The Kier molecular flexibility index (Phi) is 6.39. The molecule has 1 aromatic rings. The Morgan fingerprint density at radius 1 is 1.00 bits per heavy atom. The molecule has 5 aliphatic carbocycles. The number of hydrogen-bond acceptors (Lipinski definition) is 6. The minimum atomic E-state index is -0.601. The van der Waals surface area contributed by atoms with Crippen LogP contribution in [0.5, 0.6) is 0 Å². The van der Waals surface area contributed by atoms with Crippen LogP contribution in [0.1, 0.15) is 106 Å². The van der Waals surface area contributed by atoms with E-state index in [0.29, 0.717) is 23.7 Å². The molecule has 1 aromatic heterocycles. The SMILES string of the molecule is Cc1cc(N(C)C[C@]23CCC(C)(C)C[C@H]2[C@H]2C(=O)C[C@@H]4[C@@]5(C)C=C(C#N)C(=O)C(C)(C)[C@@H]5CC[C@@]4(C)[C@]2(C)CC3)no1. The second-order valence-electron chi connectivity index (χ2n) is 17.2. The second-order valence-corrected chi connectivity index (χ2v) is 17.2. The van der Waals surface area contributed by atoms with Crippen LogP contribution in [-0.4, -0.2) is 30.3 Å². The summed E-state index contributed by atoms with van der Waals surface area (Å²) in [5, 5.41) is 14.3. The van der Waals surface area contributed by atoms with Crippen LogP contribution in [-0.2, 0) is 9.59 Å². The first-order valence-electron chi connectivity index (χ1n) is 16.3. The van der Waals surface area contributed by atoms with Crippen molar-refractivity contribution in [1.82, 2.24) is 5.16 Å². The number of hydrogen-bond donors (Lipinski definition) is 0. The number of ketones is 2. The molecule has 0 unspecified atom stereocenters. The van der Waals surface area contributed by atoms with E-state index < -0.39 is 5.41 Å². The van der Waals surface area contributed by atoms with Gasteiger partial charge in [0.2, 0.25) is 0 Å². The summed E-state index contributed by atoms with van der Waals surface area (Å²) in [6.45, 7) is 18.9. The van der Waals surface area contributed by atoms with E-state index in [-0.39, 0.29) is 50.6 Å². The van der Waals surface area contributed by atoms with E-state index in [1.165, 1.54) is 6.42 Å². The van der Waals surface area contributed by atoms with Gasteiger partial charge in [-0.25, -0.2) is 0 Å². The fraction of sp³-hybridized carbons (Fsp3) is 0.778. The van der Waals surface area contributed by atoms with E-state index in [1.807, 2.05) is 32.9 Å². The van der Waals surface area contributed by atoms with Gasteiger partial charge in [0.1, 0.15) is 17.6 Å². The molecule has 0 spiro atoms. The second kappa shape index (κ2) is 9.05. The monoisotopic (exact) mass is 573 g/mol. The molecule has 1 heterocycles. The Balaban J connectivity index is 1.42. The molecule has 0 bridgehead atoms. The average Bonchev–Trinajstić information content (AvgIpc) is 3.35. The first-order valence-corrected chi connectivity index (χ1v) is 16.3. The van der Waals surface area contributed by atoms with E-state index >= 15 is 0 Å². The molecule has 228 valence electrons. The minimum Gasteiger partial charge on any atom is -0.360 e. The molecule has 6 heteroatoms. The number of Topliss-reactive ketones (excluding diaryl/α,β-unsaturated/α-hetero) is 2. The number of nitrogens with zero attached hydrogens (tertiary/aromatic N) is 3. The Hall–Kier alpha value is -2.42. The Morgan fingerprint density at radius 3 is 2.33 bits per heavy atom. The molecule has 0 radical (unpaired) electrons. The smallest absolute Gasteiger partial charge is 0.178 e. The molecule has 4 saturated carbocycles. The highest BCUT2D eigenvalue weighted by Gasteiger charge is 2.72. The molecule has 4 fully saturated rings. The molecule has 6 rings (SSSR count). The number of carbonyl (C=O) groups excluding carboxylic acids is 2. The van der Waals surface area contributed by atoms with Gasteiger partial charge in [0.25, 0.3) is 0 Å². The minimum absolute atomic E-state index is 0.0253. The number of nitriles is 1. The number of aryl methyl sites for hydroxylation is 1. The van der Waals surface area contributed by atoms with Gasteiger partial charge in [-0.05, 0) is 96.7 Å². The summed E-state index contributed by atoms with van der Waals surface area (Å²) in [6.07, 6.45) is 10.1. The standard InChI is InChI=1S/C36H51N3O3/c1-22-16-28(38-42-22)39(9)21-36-14-12-31(2,3)19-24(36)29-25(40)17-27-33(6)18-23(20-37)30(41)32(4,5)26(33)10-11-34(27,7)35(29,8)13-15-36/h16,18,24,26-27,29H,10-15,17,19,21H2,1-9H3/t24-,26-,27+,29-,33-,34+,35+,36+/m0/s1. The van der Waals surface area contributed by atoms with Crippen molar-refractivity contribution in [3.63, 3.8) is 0 Å². The number of carbonyl (C=O) groups is 2. The van der Waals surface area contributed by atoms with Crippen molar-refractivity contribution in [2.45, 2.75) is 107 Å². The number of allylic oxidation sites excluding steroid dienone is 2. The third-order valence-electron chi connectivity index (χ3n) is 14.2. The molecule has 5 aliphatic rings. The zero-order valence-corrected chi connectivity index (χ0v) is 27.4. The molecule has 0 saturated heterocycles. The van der Waals surface area contributed by atoms with Crippen LogP contribution < -0.4 is 4.90 Å². The van der Waals surface area contributed by atoms with Gasteiger partial charge in [0, 0.05) is 37.4 Å². The Labute approximate surface area is 252 Å². The zero-order valence-electron chi connectivity index (χ0n) is 27.4. The maximum Gasteiger partial charge on any atom is 0.178 e. The molecule has 6 nitrogen and oxygen atoms in total. The predicted octanol–water partition coefficient (Wildman–Crippen LogP) is 7.72. The van der Waals surface area contributed by atoms with Crippen molar-refractivity contribution < 1.29 is 14.1 Å². The van der Waals surface area contributed by atoms with E-state index in [1.54, 1.807) is 0 Å². The van der Waals surface area contributed by atoms with Gasteiger partial charge in [0.05, 0.1) is 5.57 Å². The van der Waals surface area contributed by atoms with E-state index in [4.69, 9.17) is 4.52 Å². The van der Waals surface area contributed by atoms with Crippen LogP contribution in [0, 0.1) is 74.4 Å². The topological polar surface area (TPSA) is 87.2 Å². The number of fused-ring (bicyclic) bond motifs is 7. The van der Waals surface area contributed by atoms with Crippen LogP contribution >= 0.6 is 0 Å². The third kappa shape index (κ3) is 3.83. The van der Waals surface area contributed by atoms with Crippen LogP contribution in [0.2, 0.25) is 0 Å². The van der Waals surface area contributed by atoms with E-state index in [2.05, 4.69) is 57.8 Å². The summed E-state index contributed by atoms with van der Waals surface area (Å²) in [5.41, 5.74) is -0.569. The largest absolute Gasteiger partial charge is 0.360 e. The molecular weight excluding hydrogens is 522 g/mol. The lowest BCUT2D eigenvalue weighted by Gasteiger charge is -2.72. The molecule has 0 N–H and O–H groups in total. The lowest BCUT2D eigenvalue weighted by molar-refractivity contribution is -0.221. The summed E-state index contributed by atoms with van der Waals surface area (Å²) >= 11 is 0. The molecular formula is C36H51N3O3. The van der Waals surface area contributed by atoms with Crippen LogP contribution in [0.4, 0.5) is 5.82 Å². The van der Waals surface area contributed by atoms with Crippen molar-refractivity contribution in [3.05, 3.63) is 23.5 Å².